The Morgan fingerprint density at radius 2 is 1.71 bits per heavy atom. The van der Waals surface area contributed by atoms with E-state index in [1.807, 2.05) is 26.8 Å². The van der Waals surface area contributed by atoms with E-state index in [0.717, 1.165) is 0 Å². The first-order valence-corrected chi connectivity index (χ1v) is 4.43. The molecule has 1 atom stereocenters. The number of hydrogen-bond acceptors (Lipinski definition) is 1. The summed E-state index contributed by atoms with van der Waals surface area (Å²) in [5.41, 5.74) is 6.42. The zero-order valence-corrected chi connectivity index (χ0v) is 9.57. The molecule has 2 N–H and O–H groups in total. The molecule has 0 radical (unpaired) electrons. The number of nitrogens with two attached hydrogens (primary N) is 1. The van der Waals surface area contributed by atoms with Gasteiger partial charge in [0, 0.05) is 11.6 Å². The minimum absolute atomic E-state index is 0. The number of benzene rings is 1. The van der Waals surface area contributed by atoms with Gasteiger partial charge in [0.1, 0.15) is 5.82 Å². The van der Waals surface area contributed by atoms with Gasteiger partial charge in [-0.25, -0.2) is 4.39 Å². The number of hydrogen-bond donors (Lipinski definition) is 1. The van der Waals surface area contributed by atoms with E-state index in [2.05, 4.69) is 0 Å². The van der Waals surface area contributed by atoms with Crippen molar-refractivity contribution < 1.29 is 4.39 Å². The van der Waals surface area contributed by atoms with E-state index in [1.54, 1.807) is 12.1 Å². The second-order valence-corrected chi connectivity index (χ2v) is 4.37. The Hall–Kier alpha value is -0.600. The highest BCUT2D eigenvalue weighted by Crippen LogP contribution is 2.31. The van der Waals surface area contributed by atoms with Crippen LogP contribution in [0.1, 0.15) is 32.4 Å². The molecule has 1 rings (SSSR count). The van der Waals surface area contributed by atoms with E-state index in [9.17, 15) is 4.39 Å². The lowest BCUT2D eigenvalue weighted by Crippen LogP contribution is -2.27. The quantitative estimate of drug-likeness (QED) is 0.768. The predicted molar refractivity (Wildman–Crippen MR) is 60.0 cm³/mol. The molecule has 0 saturated heterocycles. The fraction of sp³-hybridized carbons (Fsp3) is 0.455. The molecule has 0 aliphatic carbocycles. The molecular weight excluding hydrogens is 201 g/mol. The van der Waals surface area contributed by atoms with Gasteiger partial charge < -0.3 is 5.73 Å². The summed E-state index contributed by atoms with van der Waals surface area (Å²) in [7, 11) is 0. The van der Waals surface area contributed by atoms with Gasteiger partial charge in [0.2, 0.25) is 0 Å². The van der Waals surface area contributed by atoms with E-state index >= 15 is 0 Å². The van der Waals surface area contributed by atoms with Gasteiger partial charge in [-0.2, -0.15) is 0 Å². The topological polar surface area (TPSA) is 26.0 Å². The van der Waals surface area contributed by atoms with Crippen molar-refractivity contribution >= 4 is 12.4 Å². The van der Waals surface area contributed by atoms with Crippen LogP contribution < -0.4 is 5.73 Å². The van der Waals surface area contributed by atoms with Crippen molar-refractivity contribution in [3.05, 3.63) is 35.6 Å². The highest BCUT2D eigenvalue weighted by atomic mass is 35.5. The Labute approximate surface area is 90.9 Å². The Morgan fingerprint density at radius 3 is 2.14 bits per heavy atom. The molecule has 0 saturated carbocycles. The van der Waals surface area contributed by atoms with Crippen molar-refractivity contribution in [1.29, 1.82) is 0 Å². The Balaban J connectivity index is 0.00000169. The molecule has 0 heterocycles. The highest BCUT2D eigenvalue weighted by molar-refractivity contribution is 5.85. The van der Waals surface area contributed by atoms with Crippen LogP contribution in [0.15, 0.2) is 24.3 Å². The molecule has 0 spiro atoms. The first-order valence-electron chi connectivity index (χ1n) is 4.43. The van der Waals surface area contributed by atoms with Crippen LogP contribution >= 0.6 is 12.4 Å². The molecule has 1 aromatic rings. The van der Waals surface area contributed by atoms with Crippen LogP contribution in [0.25, 0.3) is 0 Å². The molecule has 0 aromatic heterocycles. The second-order valence-electron chi connectivity index (χ2n) is 4.37. The van der Waals surface area contributed by atoms with Crippen molar-refractivity contribution in [2.75, 3.05) is 0 Å². The summed E-state index contributed by atoms with van der Waals surface area (Å²) < 4.78 is 13.3. The Kier molecular flexibility index (Phi) is 4.56. The first-order chi connectivity index (χ1) is 5.93. The summed E-state index contributed by atoms with van der Waals surface area (Å²) in [6.07, 6.45) is 0. The van der Waals surface area contributed by atoms with E-state index in [0.29, 0.717) is 5.56 Å². The first kappa shape index (κ1) is 13.4. The lowest BCUT2D eigenvalue weighted by Gasteiger charge is -2.27. The Bertz CT molecular complexity index is 294. The number of halogens is 2. The average molecular weight is 218 g/mol. The molecule has 1 nitrogen and oxygen atoms in total. The smallest absolute Gasteiger partial charge is 0.127 e. The standard InChI is InChI=1S/C11H16FN.ClH/c1-11(2,3)10(13)8-6-4-5-7-9(8)12;/h4-7,10H,13H2,1-3H3;1H/t10-;/m0./s1. The monoisotopic (exact) mass is 217 g/mol. The van der Waals surface area contributed by atoms with Crippen molar-refractivity contribution in [2.24, 2.45) is 11.1 Å². The summed E-state index contributed by atoms with van der Waals surface area (Å²) in [6.45, 7) is 6.01. The van der Waals surface area contributed by atoms with Gasteiger partial charge in [0.05, 0.1) is 0 Å². The van der Waals surface area contributed by atoms with E-state index in [-0.39, 0.29) is 29.7 Å². The molecule has 0 unspecified atom stereocenters. The molecule has 0 fully saturated rings. The summed E-state index contributed by atoms with van der Waals surface area (Å²) in [6, 6.07) is 6.42. The van der Waals surface area contributed by atoms with Gasteiger partial charge in [-0.1, -0.05) is 39.0 Å². The minimum Gasteiger partial charge on any atom is -0.323 e. The van der Waals surface area contributed by atoms with Gasteiger partial charge in [-0.3, -0.25) is 0 Å². The highest BCUT2D eigenvalue weighted by Gasteiger charge is 2.24. The van der Waals surface area contributed by atoms with E-state index in [1.165, 1.54) is 6.07 Å². The zero-order chi connectivity index (χ0) is 10.1. The maximum atomic E-state index is 13.3. The molecule has 80 valence electrons. The SMILES string of the molecule is CC(C)(C)[C@@H](N)c1ccccc1F.Cl. The lowest BCUT2D eigenvalue weighted by molar-refractivity contribution is 0.319. The van der Waals surface area contributed by atoms with Gasteiger partial charge in [-0.15, -0.1) is 12.4 Å². The average Bonchev–Trinajstić information content (AvgIpc) is 2.02. The largest absolute Gasteiger partial charge is 0.323 e. The van der Waals surface area contributed by atoms with Crippen LogP contribution in [0.4, 0.5) is 4.39 Å². The van der Waals surface area contributed by atoms with Crippen molar-refractivity contribution in [3.8, 4) is 0 Å². The summed E-state index contributed by atoms with van der Waals surface area (Å²) in [5.74, 6) is -0.218. The lowest BCUT2D eigenvalue weighted by atomic mass is 9.83. The van der Waals surface area contributed by atoms with Gasteiger partial charge >= 0.3 is 0 Å². The van der Waals surface area contributed by atoms with Gasteiger partial charge in [0.25, 0.3) is 0 Å². The van der Waals surface area contributed by atoms with Crippen LogP contribution in [0.2, 0.25) is 0 Å². The van der Waals surface area contributed by atoms with Crippen molar-refractivity contribution in [1.82, 2.24) is 0 Å². The fourth-order valence-electron chi connectivity index (χ4n) is 1.19. The zero-order valence-electron chi connectivity index (χ0n) is 8.75. The summed E-state index contributed by atoms with van der Waals surface area (Å²) in [5, 5.41) is 0. The van der Waals surface area contributed by atoms with Crippen molar-refractivity contribution in [3.63, 3.8) is 0 Å². The number of rotatable bonds is 1. The molecule has 0 bridgehead atoms. The molecular formula is C11H17ClFN. The fourth-order valence-corrected chi connectivity index (χ4v) is 1.19. The molecule has 3 heteroatoms. The summed E-state index contributed by atoms with van der Waals surface area (Å²) in [4.78, 5) is 0. The Morgan fingerprint density at radius 1 is 1.21 bits per heavy atom. The molecule has 14 heavy (non-hydrogen) atoms. The second kappa shape index (κ2) is 4.76. The molecule has 1 aromatic carbocycles. The minimum atomic E-state index is -0.256. The maximum absolute atomic E-state index is 13.3. The third-order valence-electron chi connectivity index (χ3n) is 2.17. The third kappa shape index (κ3) is 2.96. The molecule has 0 amide bonds. The third-order valence-corrected chi connectivity index (χ3v) is 2.17. The van der Waals surface area contributed by atoms with Crippen LogP contribution in [-0.4, -0.2) is 0 Å². The van der Waals surface area contributed by atoms with Crippen LogP contribution in [-0.2, 0) is 0 Å². The van der Waals surface area contributed by atoms with Gasteiger partial charge in [0.15, 0.2) is 0 Å². The normalized spacial score (nSPS) is 13.2. The van der Waals surface area contributed by atoms with Crippen molar-refractivity contribution in [2.45, 2.75) is 26.8 Å². The van der Waals surface area contributed by atoms with Crippen LogP contribution in [0.3, 0.4) is 0 Å². The molecule has 0 aliphatic rings. The molecule has 0 aliphatic heterocycles. The van der Waals surface area contributed by atoms with Crippen LogP contribution in [0, 0.1) is 11.2 Å². The predicted octanol–water partition coefficient (Wildman–Crippen LogP) is 3.29. The maximum Gasteiger partial charge on any atom is 0.127 e. The van der Waals surface area contributed by atoms with E-state index in [4.69, 9.17) is 5.73 Å². The van der Waals surface area contributed by atoms with E-state index < -0.39 is 0 Å². The van der Waals surface area contributed by atoms with Gasteiger partial charge in [-0.05, 0) is 11.5 Å². The van der Waals surface area contributed by atoms with Crippen LogP contribution in [0.5, 0.6) is 0 Å². The summed E-state index contributed by atoms with van der Waals surface area (Å²) >= 11 is 0.